The summed E-state index contributed by atoms with van der Waals surface area (Å²) < 4.78 is 0. The topological polar surface area (TPSA) is 29.1 Å². The summed E-state index contributed by atoms with van der Waals surface area (Å²) in [6.07, 6.45) is 10.4. The van der Waals surface area contributed by atoms with E-state index in [-0.39, 0.29) is 17.4 Å². The van der Waals surface area contributed by atoms with Crippen molar-refractivity contribution < 1.29 is 4.79 Å². The summed E-state index contributed by atoms with van der Waals surface area (Å²) >= 11 is 1.54. The Bertz CT molecular complexity index is 716. The van der Waals surface area contributed by atoms with Gasteiger partial charge in [0.2, 0.25) is 0 Å². The van der Waals surface area contributed by atoms with Crippen molar-refractivity contribution in [2.24, 2.45) is 5.41 Å². The van der Waals surface area contributed by atoms with Crippen molar-refractivity contribution in [3.05, 3.63) is 50.8 Å². The number of amides is 1. The molecule has 1 aromatic heterocycles. The SMILES string of the molecule is CC1=C(/C=C/C(C)=C/c2ccc(C(=O)NC(C)C)s2)C(C)(C)CCC1. The zero-order valence-corrected chi connectivity index (χ0v) is 17.2. The van der Waals surface area contributed by atoms with Crippen molar-refractivity contribution in [1.29, 1.82) is 0 Å². The molecule has 0 saturated carbocycles. The first-order valence-corrected chi connectivity index (χ1v) is 9.98. The molecule has 136 valence electrons. The number of thiophene rings is 1. The molecule has 1 heterocycles. The molecule has 0 atom stereocenters. The summed E-state index contributed by atoms with van der Waals surface area (Å²) in [6.45, 7) is 13.0. The van der Waals surface area contributed by atoms with E-state index in [0.29, 0.717) is 0 Å². The third kappa shape index (κ3) is 5.43. The second-order valence-electron chi connectivity index (χ2n) is 7.98. The third-order valence-electron chi connectivity index (χ3n) is 4.70. The fourth-order valence-corrected chi connectivity index (χ4v) is 4.31. The van der Waals surface area contributed by atoms with Gasteiger partial charge in [-0.05, 0) is 81.7 Å². The Balaban J connectivity index is 2.12. The fourth-order valence-electron chi connectivity index (χ4n) is 3.38. The van der Waals surface area contributed by atoms with Gasteiger partial charge >= 0.3 is 0 Å². The van der Waals surface area contributed by atoms with Crippen LogP contribution in [0.15, 0.2) is 41.0 Å². The van der Waals surface area contributed by atoms with E-state index in [2.05, 4.69) is 51.2 Å². The third-order valence-corrected chi connectivity index (χ3v) is 5.73. The van der Waals surface area contributed by atoms with Gasteiger partial charge in [-0.3, -0.25) is 4.79 Å². The predicted octanol–water partition coefficient (Wildman–Crippen LogP) is 6.37. The molecule has 0 saturated heterocycles. The minimum absolute atomic E-state index is 0.0116. The summed E-state index contributed by atoms with van der Waals surface area (Å²) in [5.41, 5.74) is 4.47. The molecule has 3 heteroatoms. The van der Waals surface area contributed by atoms with Gasteiger partial charge < -0.3 is 5.32 Å². The fraction of sp³-hybridized carbons (Fsp3) is 0.500. The number of carbonyl (C=O) groups excluding carboxylic acids is 1. The highest BCUT2D eigenvalue weighted by Gasteiger charge is 2.26. The smallest absolute Gasteiger partial charge is 0.261 e. The van der Waals surface area contributed by atoms with E-state index in [0.717, 1.165) is 9.75 Å². The summed E-state index contributed by atoms with van der Waals surface area (Å²) in [5.74, 6) is 0.0116. The Labute approximate surface area is 156 Å². The van der Waals surface area contributed by atoms with E-state index in [4.69, 9.17) is 0 Å². The second kappa shape index (κ2) is 8.18. The highest BCUT2D eigenvalue weighted by atomic mass is 32.1. The van der Waals surface area contributed by atoms with Gasteiger partial charge in [-0.15, -0.1) is 11.3 Å². The molecule has 1 aromatic rings. The molecule has 25 heavy (non-hydrogen) atoms. The lowest BCUT2D eigenvalue weighted by Gasteiger charge is -2.32. The monoisotopic (exact) mass is 357 g/mol. The van der Waals surface area contributed by atoms with Crippen molar-refractivity contribution in [3.63, 3.8) is 0 Å². The van der Waals surface area contributed by atoms with Crippen LogP contribution in [0.2, 0.25) is 0 Å². The summed E-state index contributed by atoms with van der Waals surface area (Å²) in [5, 5.41) is 2.94. The van der Waals surface area contributed by atoms with Crippen molar-refractivity contribution in [3.8, 4) is 0 Å². The second-order valence-corrected chi connectivity index (χ2v) is 9.10. The van der Waals surface area contributed by atoms with Gasteiger partial charge in [0.15, 0.2) is 0 Å². The van der Waals surface area contributed by atoms with E-state index in [1.807, 2.05) is 26.0 Å². The summed E-state index contributed by atoms with van der Waals surface area (Å²) in [7, 11) is 0. The Hall–Kier alpha value is -1.61. The van der Waals surface area contributed by atoms with Crippen LogP contribution in [0.3, 0.4) is 0 Å². The van der Waals surface area contributed by atoms with Crippen LogP contribution in [0.25, 0.3) is 6.08 Å². The minimum Gasteiger partial charge on any atom is -0.349 e. The molecule has 0 bridgehead atoms. The molecule has 0 aliphatic heterocycles. The normalized spacial score (nSPS) is 18.3. The molecule has 1 aliphatic rings. The number of nitrogens with one attached hydrogen (secondary N) is 1. The lowest BCUT2D eigenvalue weighted by molar-refractivity contribution is 0.0947. The number of hydrogen-bond acceptors (Lipinski definition) is 2. The van der Waals surface area contributed by atoms with Crippen LogP contribution in [-0.4, -0.2) is 11.9 Å². The van der Waals surface area contributed by atoms with Gasteiger partial charge in [0, 0.05) is 10.9 Å². The van der Waals surface area contributed by atoms with Gasteiger partial charge in [-0.25, -0.2) is 0 Å². The highest BCUT2D eigenvalue weighted by molar-refractivity contribution is 7.14. The van der Waals surface area contributed by atoms with Crippen molar-refractivity contribution >= 4 is 23.3 Å². The van der Waals surface area contributed by atoms with Crippen LogP contribution in [-0.2, 0) is 0 Å². The van der Waals surface area contributed by atoms with Crippen LogP contribution in [0.5, 0.6) is 0 Å². The van der Waals surface area contributed by atoms with Crippen LogP contribution >= 0.6 is 11.3 Å². The van der Waals surface area contributed by atoms with Crippen molar-refractivity contribution in [2.75, 3.05) is 0 Å². The van der Waals surface area contributed by atoms with Crippen molar-refractivity contribution in [2.45, 2.75) is 66.8 Å². The van der Waals surface area contributed by atoms with E-state index in [9.17, 15) is 4.79 Å². The maximum Gasteiger partial charge on any atom is 0.261 e. The van der Waals surface area contributed by atoms with Crippen LogP contribution in [0, 0.1) is 5.41 Å². The molecule has 1 aliphatic carbocycles. The summed E-state index contributed by atoms with van der Waals surface area (Å²) in [6, 6.07) is 4.09. The van der Waals surface area contributed by atoms with E-state index in [1.165, 1.54) is 47.3 Å². The van der Waals surface area contributed by atoms with Crippen LogP contribution in [0.4, 0.5) is 0 Å². The van der Waals surface area contributed by atoms with E-state index in [1.54, 1.807) is 0 Å². The van der Waals surface area contributed by atoms with Crippen LogP contribution in [0.1, 0.15) is 75.4 Å². The first kappa shape index (κ1) is 19.7. The van der Waals surface area contributed by atoms with E-state index < -0.39 is 0 Å². The minimum atomic E-state index is 0.0116. The first-order chi connectivity index (χ1) is 11.7. The Kier molecular flexibility index (Phi) is 6.45. The average molecular weight is 358 g/mol. The number of hydrogen-bond donors (Lipinski definition) is 1. The lowest BCUT2D eigenvalue weighted by Crippen LogP contribution is -2.29. The largest absolute Gasteiger partial charge is 0.349 e. The van der Waals surface area contributed by atoms with Gasteiger partial charge in [0.25, 0.3) is 5.91 Å². The van der Waals surface area contributed by atoms with Gasteiger partial charge in [-0.1, -0.05) is 31.6 Å². The molecular formula is C22H31NOS. The highest BCUT2D eigenvalue weighted by Crippen LogP contribution is 2.40. The molecular weight excluding hydrogens is 326 g/mol. The standard InChI is InChI=1S/C22H31NOS/c1-15(2)23-21(24)20-12-10-18(25-20)14-16(3)9-11-19-17(4)8-7-13-22(19,5)6/h9-12,14-15H,7-8,13H2,1-6H3,(H,23,24)/b11-9+,16-14+. The molecule has 0 unspecified atom stereocenters. The van der Waals surface area contributed by atoms with Crippen LogP contribution < -0.4 is 5.32 Å². The Morgan fingerprint density at radius 1 is 1.32 bits per heavy atom. The lowest BCUT2D eigenvalue weighted by atomic mass is 9.72. The molecule has 0 fully saturated rings. The Morgan fingerprint density at radius 2 is 2.04 bits per heavy atom. The maximum atomic E-state index is 12.1. The molecule has 2 nitrogen and oxygen atoms in total. The van der Waals surface area contributed by atoms with Crippen molar-refractivity contribution in [1.82, 2.24) is 5.32 Å². The zero-order valence-electron chi connectivity index (χ0n) is 16.4. The van der Waals surface area contributed by atoms with Gasteiger partial charge in [0.05, 0.1) is 4.88 Å². The number of rotatable bonds is 5. The average Bonchev–Trinajstić information content (AvgIpc) is 2.94. The quantitative estimate of drug-likeness (QED) is 0.609. The Morgan fingerprint density at radius 3 is 2.68 bits per heavy atom. The van der Waals surface area contributed by atoms with E-state index >= 15 is 0 Å². The van der Waals surface area contributed by atoms with Gasteiger partial charge in [-0.2, -0.15) is 0 Å². The number of allylic oxidation sites excluding steroid dienone is 5. The zero-order chi connectivity index (χ0) is 18.6. The first-order valence-electron chi connectivity index (χ1n) is 9.16. The summed E-state index contributed by atoms with van der Waals surface area (Å²) in [4.78, 5) is 13.9. The molecule has 0 spiro atoms. The predicted molar refractivity (Wildman–Crippen MR) is 110 cm³/mol. The van der Waals surface area contributed by atoms with Gasteiger partial charge in [0.1, 0.15) is 0 Å². The molecule has 1 amide bonds. The number of carbonyl (C=O) groups is 1. The molecule has 1 N–H and O–H groups in total. The molecule has 0 radical (unpaired) electrons. The molecule has 0 aromatic carbocycles. The molecule has 2 rings (SSSR count). The maximum absolute atomic E-state index is 12.1.